The van der Waals surface area contributed by atoms with Gasteiger partial charge in [-0.15, -0.1) is 12.6 Å². The van der Waals surface area contributed by atoms with Gasteiger partial charge in [-0.3, -0.25) is 0 Å². The van der Waals surface area contributed by atoms with Gasteiger partial charge in [-0.2, -0.15) is 0 Å². The van der Waals surface area contributed by atoms with Crippen LogP contribution in [0.15, 0.2) is 0 Å². The van der Waals surface area contributed by atoms with Gasteiger partial charge in [0.15, 0.2) is 0 Å². The van der Waals surface area contributed by atoms with Crippen LogP contribution in [0.4, 0.5) is 0 Å². The first-order chi connectivity index (χ1) is 4.43. The molecule has 1 unspecified atom stereocenters. The maximum absolute atomic E-state index is 8.56. The average Bonchev–Trinajstić information content (AvgIpc) is 1.91. The average molecular weight is 323 g/mol. The Hall–Kier alpha value is 0.608. The van der Waals surface area contributed by atoms with Crippen molar-refractivity contribution in [1.29, 1.82) is 0 Å². The van der Waals surface area contributed by atoms with Crippen molar-refractivity contribution in [3.8, 4) is 0 Å². The maximum atomic E-state index is 8.56. The molecule has 0 aromatic rings. The number of hydrogen-bond acceptors (Lipinski definition) is 1. The first-order valence-corrected chi connectivity index (χ1v) is 3.71. The Labute approximate surface area is 76.7 Å². The van der Waals surface area contributed by atoms with E-state index >= 15 is 0 Å². The van der Waals surface area contributed by atoms with Crippen LogP contribution in [0.2, 0.25) is 0 Å². The molecule has 1 heterocycles. The van der Waals surface area contributed by atoms with E-state index in [4.69, 9.17) is 5.11 Å². The van der Waals surface area contributed by atoms with Gasteiger partial charge in [0.2, 0.25) is 0 Å². The summed E-state index contributed by atoms with van der Waals surface area (Å²) in [5.41, 5.74) is 0. The summed E-state index contributed by atoms with van der Waals surface area (Å²) < 4.78 is 0. The van der Waals surface area contributed by atoms with Gasteiger partial charge in [0, 0.05) is 27.7 Å². The summed E-state index contributed by atoms with van der Waals surface area (Å²) in [6, 6.07) is 0.476. The molecule has 3 heteroatoms. The largest absolute Gasteiger partial charge is 0.659 e. The van der Waals surface area contributed by atoms with E-state index in [0.717, 1.165) is 13.0 Å². The summed E-state index contributed by atoms with van der Waals surface area (Å²) in [6.07, 6.45) is 4.62. The van der Waals surface area contributed by atoms with Crippen molar-refractivity contribution < 1.29 is 26.2 Å². The molecule has 10 heavy (non-hydrogen) atoms. The van der Waals surface area contributed by atoms with Gasteiger partial charge in [0.1, 0.15) is 0 Å². The van der Waals surface area contributed by atoms with Crippen LogP contribution in [0.1, 0.15) is 25.7 Å². The standard InChI is InChI=1S/C7H14NO.Pt/c9-6-4-7-3-1-2-5-8-7;/h7,9H,1-6H2;/q-1;. The first kappa shape index (κ1) is 10.6. The molecular formula is C7H14NOPt-. The smallest absolute Gasteiger partial charge is 0.0417 e. The van der Waals surface area contributed by atoms with Crippen LogP contribution in [0, 0.1) is 0 Å². The van der Waals surface area contributed by atoms with Crippen molar-refractivity contribution in [1.82, 2.24) is 0 Å². The van der Waals surface area contributed by atoms with Gasteiger partial charge >= 0.3 is 0 Å². The van der Waals surface area contributed by atoms with Crippen molar-refractivity contribution in [2.75, 3.05) is 13.2 Å². The molecule has 1 N–H and O–H groups in total. The fourth-order valence-corrected chi connectivity index (χ4v) is 1.24. The van der Waals surface area contributed by atoms with Crippen LogP contribution >= 0.6 is 0 Å². The van der Waals surface area contributed by atoms with E-state index in [1.807, 2.05) is 0 Å². The van der Waals surface area contributed by atoms with E-state index in [-0.39, 0.29) is 21.1 Å². The molecule has 0 aliphatic carbocycles. The van der Waals surface area contributed by atoms with Crippen LogP contribution in [0.5, 0.6) is 0 Å². The van der Waals surface area contributed by atoms with Gasteiger partial charge in [-0.25, -0.2) is 0 Å². The first-order valence-electron chi connectivity index (χ1n) is 3.71. The molecule has 0 spiro atoms. The second-order valence-corrected chi connectivity index (χ2v) is 2.57. The molecule has 0 radical (unpaired) electrons. The van der Waals surface area contributed by atoms with E-state index in [9.17, 15) is 0 Å². The molecule has 0 aromatic carbocycles. The second-order valence-electron chi connectivity index (χ2n) is 2.57. The summed E-state index contributed by atoms with van der Waals surface area (Å²) in [7, 11) is 0. The predicted molar refractivity (Wildman–Crippen MR) is 37.6 cm³/mol. The van der Waals surface area contributed by atoms with Gasteiger partial charge in [0.05, 0.1) is 0 Å². The predicted octanol–water partition coefficient (Wildman–Crippen LogP) is 1.29. The van der Waals surface area contributed by atoms with Gasteiger partial charge in [-0.1, -0.05) is 19.3 Å². The molecular weight excluding hydrogens is 309 g/mol. The normalized spacial score (nSPS) is 25.5. The molecule has 64 valence electrons. The second kappa shape index (κ2) is 6.33. The number of aliphatic hydroxyl groups excluding tert-OH is 1. The van der Waals surface area contributed by atoms with Crippen molar-refractivity contribution >= 4 is 0 Å². The van der Waals surface area contributed by atoms with E-state index in [2.05, 4.69) is 5.32 Å². The van der Waals surface area contributed by atoms with Crippen LogP contribution in [0.3, 0.4) is 0 Å². The number of piperidine rings is 1. The van der Waals surface area contributed by atoms with Crippen LogP contribution in [0.25, 0.3) is 5.32 Å². The Morgan fingerprint density at radius 3 is 2.70 bits per heavy atom. The van der Waals surface area contributed by atoms with Crippen LogP contribution < -0.4 is 0 Å². The number of rotatable bonds is 2. The summed E-state index contributed by atoms with van der Waals surface area (Å²) in [5, 5.41) is 12.9. The van der Waals surface area contributed by atoms with Crippen molar-refractivity contribution in [2.24, 2.45) is 0 Å². The quantitative estimate of drug-likeness (QED) is 0.816. The zero-order chi connectivity index (χ0) is 6.53. The monoisotopic (exact) mass is 323 g/mol. The van der Waals surface area contributed by atoms with E-state index < -0.39 is 0 Å². The molecule has 0 saturated carbocycles. The molecule has 1 rings (SSSR count). The minimum Gasteiger partial charge on any atom is -0.659 e. The topological polar surface area (TPSA) is 34.3 Å². The van der Waals surface area contributed by atoms with E-state index in [1.165, 1.54) is 19.3 Å². The molecule has 0 bridgehead atoms. The zero-order valence-electron chi connectivity index (χ0n) is 6.03. The van der Waals surface area contributed by atoms with Crippen LogP contribution in [-0.2, 0) is 21.1 Å². The number of aliphatic hydroxyl groups is 1. The molecule has 1 fully saturated rings. The third kappa shape index (κ3) is 3.70. The van der Waals surface area contributed by atoms with E-state index in [1.54, 1.807) is 0 Å². The van der Waals surface area contributed by atoms with Gasteiger partial charge in [0.25, 0.3) is 0 Å². The van der Waals surface area contributed by atoms with E-state index in [0.29, 0.717) is 12.6 Å². The molecule has 1 saturated heterocycles. The Morgan fingerprint density at radius 2 is 2.20 bits per heavy atom. The molecule has 0 aromatic heterocycles. The molecule has 0 amide bonds. The van der Waals surface area contributed by atoms with Crippen molar-refractivity contribution in [2.45, 2.75) is 31.7 Å². The zero-order valence-corrected chi connectivity index (χ0v) is 8.30. The summed E-state index contributed by atoms with van der Waals surface area (Å²) in [4.78, 5) is 0. The molecule has 2 nitrogen and oxygen atoms in total. The Bertz CT molecular complexity index is 71.3. The maximum Gasteiger partial charge on any atom is 0.0417 e. The summed E-state index contributed by atoms with van der Waals surface area (Å²) in [6.45, 7) is 1.32. The SMILES string of the molecule is OCCC1CCCC[N-]1.[Pt]. The van der Waals surface area contributed by atoms with Gasteiger partial charge < -0.3 is 10.4 Å². The van der Waals surface area contributed by atoms with Crippen molar-refractivity contribution in [3.05, 3.63) is 5.32 Å². The minimum atomic E-state index is 0. The number of hydrogen-bond donors (Lipinski definition) is 1. The fourth-order valence-electron chi connectivity index (χ4n) is 1.24. The molecule has 1 aliphatic heterocycles. The Morgan fingerprint density at radius 1 is 1.40 bits per heavy atom. The third-order valence-electron chi connectivity index (χ3n) is 1.80. The third-order valence-corrected chi connectivity index (χ3v) is 1.80. The fraction of sp³-hybridized carbons (Fsp3) is 1.00. The molecule has 1 aliphatic rings. The molecule has 1 atom stereocenters. The number of nitrogens with zero attached hydrogens (tertiary/aromatic N) is 1. The van der Waals surface area contributed by atoms with Crippen molar-refractivity contribution in [3.63, 3.8) is 0 Å². The summed E-state index contributed by atoms with van der Waals surface area (Å²) >= 11 is 0. The minimum absolute atomic E-state index is 0. The van der Waals surface area contributed by atoms with Gasteiger partial charge in [-0.05, 0) is 6.42 Å². The summed E-state index contributed by atoms with van der Waals surface area (Å²) in [5.74, 6) is 0. The Kier molecular flexibility index (Phi) is 6.71. The van der Waals surface area contributed by atoms with Crippen LogP contribution in [-0.4, -0.2) is 24.3 Å². The Balaban J connectivity index is 0.000000810.